The molecule has 44 heavy (non-hydrogen) atoms. The molecule has 0 saturated carbocycles. The van der Waals surface area contributed by atoms with Crippen molar-refractivity contribution in [3.8, 4) is 0 Å². The van der Waals surface area contributed by atoms with E-state index in [9.17, 15) is 28.8 Å². The van der Waals surface area contributed by atoms with E-state index < -0.39 is 34.1 Å². The first kappa shape index (κ1) is 26.3. The van der Waals surface area contributed by atoms with E-state index in [-0.39, 0.29) is 32.5 Å². The van der Waals surface area contributed by atoms with Crippen molar-refractivity contribution >= 4 is 46.5 Å². The van der Waals surface area contributed by atoms with Crippen LogP contribution < -0.4 is 54.3 Å². The maximum atomic E-state index is 12.9. The highest BCUT2D eigenvalue weighted by atomic mass is 16.2. The lowest BCUT2D eigenvalue weighted by Crippen LogP contribution is -2.48. The van der Waals surface area contributed by atoms with Crippen molar-refractivity contribution in [2.24, 2.45) is 0 Å². The number of carbonyl (C=O) groups is 2. The Morgan fingerprint density at radius 2 is 0.818 bits per heavy atom. The summed E-state index contributed by atoms with van der Waals surface area (Å²) in [5.74, 6) is -0.974. The van der Waals surface area contributed by atoms with Crippen molar-refractivity contribution in [2.75, 3.05) is 10.6 Å². The second-order valence-corrected chi connectivity index (χ2v) is 10.1. The molecule has 2 aliphatic rings. The van der Waals surface area contributed by atoms with Crippen LogP contribution in [0.5, 0.6) is 0 Å². The first-order valence-corrected chi connectivity index (χ1v) is 13.4. The van der Waals surface area contributed by atoms with E-state index in [4.69, 9.17) is 0 Å². The van der Waals surface area contributed by atoms with Crippen LogP contribution in [0.3, 0.4) is 0 Å². The molecule has 7 rings (SSSR count). The minimum Gasteiger partial charge on any atom is -0.321 e. The highest BCUT2D eigenvalue weighted by Gasteiger charge is 2.26. The minimum atomic E-state index is -0.633. The standard InChI is InChI=1S/C32H20N6O6/c39-27-21(35-31(43)25(37-27)23-17-5-1-3-7-19(17)33-29(23)41)13-15-9-11-16(12-10-15)14-22-28(40)38-26(32(44)36-22)24-18-6-2-4-8-20(18)34-30(24)42/h1-14H,(H,33,41)(H,34,42)(H,35,43)(H,36,44)(H,37,39)(H,38,40)/b21-13+,22-14+,25-23-,26-24-. The molecule has 3 aromatic carbocycles. The maximum absolute atomic E-state index is 12.9. The summed E-state index contributed by atoms with van der Waals surface area (Å²) in [5.41, 5.74) is 0.970. The molecule has 4 heterocycles. The van der Waals surface area contributed by atoms with Crippen LogP contribution in [0.15, 0.2) is 92.0 Å². The van der Waals surface area contributed by atoms with Gasteiger partial charge in [0.25, 0.3) is 34.1 Å². The van der Waals surface area contributed by atoms with Crippen LogP contribution in [0.25, 0.3) is 23.3 Å². The lowest BCUT2D eigenvalue weighted by Gasteiger charge is -1.99. The van der Waals surface area contributed by atoms with Gasteiger partial charge < -0.3 is 30.6 Å². The van der Waals surface area contributed by atoms with Crippen LogP contribution in [-0.2, 0) is 9.59 Å². The van der Waals surface area contributed by atoms with Gasteiger partial charge in [-0.3, -0.25) is 28.8 Å². The fourth-order valence-electron chi connectivity index (χ4n) is 5.27. The van der Waals surface area contributed by atoms with Crippen molar-refractivity contribution in [1.82, 2.24) is 19.9 Å². The van der Waals surface area contributed by atoms with E-state index in [0.717, 1.165) is 0 Å². The Balaban J connectivity index is 1.24. The lowest BCUT2D eigenvalue weighted by molar-refractivity contribution is -0.111. The van der Waals surface area contributed by atoms with Gasteiger partial charge in [0.2, 0.25) is 0 Å². The third-order valence-corrected chi connectivity index (χ3v) is 7.32. The monoisotopic (exact) mass is 584 g/mol. The zero-order chi connectivity index (χ0) is 30.5. The van der Waals surface area contributed by atoms with Gasteiger partial charge in [-0.05, 0) is 35.4 Å². The van der Waals surface area contributed by atoms with Crippen LogP contribution >= 0.6 is 0 Å². The summed E-state index contributed by atoms with van der Waals surface area (Å²) < 4.78 is 0. The smallest absolute Gasteiger partial charge is 0.273 e. The molecule has 0 unspecified atom stereocenters. The molecule has 0 spiro atoms. The Labute approximate surface area is 244 Å². The molecule has 0 radical (unpaired) electrons. The van der Waals surface area contributed by atoms with Gasteiger partial charge in [0.05, 0.1) is 11.1 Å². The summed E-state index contributed by atoms with van der Waals surface area (Å²) in [5, 5.41) is 5.04. The number of H-pyrrole nitrogens is 4. The number of hydrogen-bond acceptors (Lipinski definition) is 6. The third-order valence-electron chi connectivity index (χ3n) is 7.32. The topological polar surface area (TPSA) is 190 Å². The third kappa shape index (κ3) is 4.43. The molecule has 12 heteroatoms. The van der Waals surface area contributed by atoms with Gasteiger partial charge >= 0.3 is 0 Å². The normalized spacial score (nSPS) is 16.9. The average Bonchev–Trinajstić information content (AvgIpc) is 3.52. The second kappa shape index (κ2) is 10.1. The Morgan fingerprint density at radius 1 is 0.432 bits per heavy atom. The fraction of sp³-hybridized carbons (Fsp3) is 0. The highest BCUT2D eigenvalue weighted by Crippen LogP contribution is 2.29. The summed E-state index contributed by atoms with van der Waals surface area (Å²) in [6.07, 6.45) is 2.93. The van der Waals surface area contributed by atoms with Crippen molar-refractivity contribution in [3.63, 3.8) is 0 Å². The molecule has 5 aromatic rings. The van der Waals surface area contributed by atoms with Crippen LogP contribution in [0.1, 0.15) is 22.3 Å². The van der Waals surface area contributed by atoms with E-state index in [0.29, 0.717) is 33.6 Å². The zero-order valence-corrected chi connectivity index (χ0v) is 22.5. The van der Waals surface area contributed by atoms with E-state index in [2.05, 4.69) is 30.6 Å². The van der Waals surface area contributed by atoms with Gasteiger partial charge in [-0.1, -0.05) is 60.7 Å². The molecular formula is C32H20N6O6. The summed E-state index contributed by atoms with van der Waals surface area (Å²) >= 11 is 0. The van der Waals surface area contributed by atoms with Gasteiger partial charge in [0.15, 0.2) is 0 Å². The van der Waals surface area contributed by atoms with Gasteiger partial charge in [0, 0.05) is 22.5 Å². The SMILES string of the molecule is O=C1Nc2ccccc2/C1=c1/[nH]c(=O)/c(=C\c2ccc(/C=c3/[nH]c(=O)/c(=C4/C(=O)Nc5ccccc54)[nH]c3=O)cc2)[nH]c1=O. The molecule has 2 amide bonds. The molecule has 0 atom stereocenters. The van der Waals surface area contributed by atoms with E-state index in [1.165, 1.54) is 12.2 Å². The molecule has 0 bridgehead atoms. The van der Waals surface area contributed by atoms with Crippen LogP contribution in [0.2, 0.25) is 0 Å². The molecule has 2 aromatic heterocycles. The van der Waals surface area contributed by atoms with Crippen molar-refractivity contribution in [1.29, 1.82) is 0 Å². The first-order chi connectivity index (χ1) is 21.3. The lowest BCUT2D eigenvalue weighted by atomic mass is 10.1. The number of para-hydroxylation sites is 2. The number of carbonyl (C=O) groups excluding carboxylic acids is 2. The highest BCUT2D eigenvalue weighted by molar-refractivity contribution is 6.31. The Morgan fingerprint density at radius 3 is 1.23 bits per heavy atom. The fourth-order valence-corrected chi connectivity index (χ4v) is 5.27. The number of anilines is 2. The number of rotatable bonds is 2. The molecule has 12 nitrogen and oxygen atoms in total. The van der Waals surface area contributed by atoms with Gasteiger partial charge in [0.1, 0.15) is 21.4 Å². The summed E-state index contributed by atoms with van der Waals surface area (Å²) in [6, 6.07) is 20.4. The molecule has 0 aliphatic carbocycles. The van der Waals surface area contributed by atoms with Crippen molar-refractivity contribution < 1.29 is 9.59 Å². The Bertz CT molecular complexity index is 2390. The van der Waals surface area contributed by atoms with Crippen LogP contribution in [-0.4, -0.2) is 31.8 Å². The van der Waals surface area contributed by atoms with Gasteiger partial charge in [-0.15, -0.1) is 0 Å². The van der Waals surface area contributed by atoms with E-state index in [1.54, 1.807) is 72.8 Å². The van der Waals surface area contributed by atoms with Crippen molar-refractivity contribution in [3.05, 3.63) is 158 Å². The zero-order valence-electron chi connectivity index (χ0n) is 22.5. The number of nitrogens with one attached hydrogen (secondary N) is 6. The second-order valence-electron chi connectivity index (χ2n) is 10.1. The van der Waals surface area contributed by atoms with E-state index in [1.807, 2.05) is 0 Å². The summed E-state index contributed by atoms with van der Waals surface area (Å²) in [6.45, 7) is 0. The van der Waals surface area contributed by atoms with Crippen molar-refractivity contribution in [2.45, 2.75) is 0 Å². The number of hydrogen-bond donors (Lipinski definition) is 6. The predicted octanol–water partition coefficient (Wildman–Crippen LogP) is -1.60. The maximum Gasteiger partial charge on any atom is 0.273 e. The summed E-state index contributed by atoms with van der Waals surface area (Å²) in [7, 11) is 0. The molecule has 0 fully saturated rings. The first-order valence-electron chi connectivity index (χ1n) is 13.4. The Hall–Kier alpha value is -6.56. The molecule has 0 saturated heterocycles. The molecular weight excluding hydrogens is 564 g/mol. The molecule has 2 aliphatic heterocycles. The van der Waals surface area contributed by atoms with Gasteiger partial charge in [-0.2, -0.15) is 0 Å². The number of aromatic amines is 4. The van der Waals surface area contributed by atoms with Crippen LogP contribution in [0, 0.1) is 0 Å². The van der Waals surface area contributed by atoms with E-state index >= 15 is 0 Å². The molecule has 214 valence electrons. The average molecular weight is 585 g/mol. The Kier molecular flexibility index (Phi) is 6.03. The largest absolute Gasteiger partial charge is 0.321 e. The molecule has 6 N–H and O–H groups in total. The number of fused-ring (bicyclic) bond motifs is 2. The predicted molar refractivity (Wildman–Crippen MR) is 163 cm³/mol. The number of benzene rings is 3. The van der Waals surface area contributed by atoms with Gasteiger partial charge in [-0.25, -0.2) is 0 Å². The number of amides is 2. The van der Waals surface area contributed by atoms with Crippen LogP contribution in [0.4, 0.5) is 11.4 Å². The summed E-state index contributed by atoms with van der Waals surface area (Å²) in [4.78, 5) is 86.7. The quantitative estimate of drug-likeness (QED) is 0.145. The minimum absolute atomic E-state index is 0.0193. The number of aromatic nitrogens is 4.